The van der Waals surface area contributed by atoms with Gasteiger partial charge in [-0.15, -0.1) is 0 Å². The topological polar surface area (TPSA) is 58.9 Å². The fraction of sp³-hybridized carbons (Fsp3) is 0.417. The van der Waals surface area contributed by atoms with Crippen molar-refractivity contribution in [3.05, 3.63) is 48.0 Å². The van der Waals surface area contributed by atoms with Crippen LogP contribution in [0.1, 0.15) is 12.5 Å². The van der Waals surface area contributed by atoms with Crippen molar-refractivity contribution < 1.29 is 19.7 Å². The molecule has 0 heterocycles. The lowest BCUT2D eigenvalue weighted by Gasteiger charge is -2.18. The summed E-state index contributed by atoms with van der Waals surface area (Å²) in [6.07, 6.45) is 0.961. The molecule has 0 atom stereocenters. The van der Waals surface area contributed by atoms with Gasteiger partial charge in [0.05, 0.1) is 26.4 Å². The van der Waals surface area contributed by atoms with Gasteiger partial charge < -0.3 is 19.7 Å². The van der Waals surface area contributed by atoms with Gasteiger partial charge in [0.15, 0.2) is 0 Å². The molecule has 0 bridgehead atoms. The van der Waals surface area contributed by atoms with Crippen molar-refractivity contribution in [1.82, 2.24) is 0 Å². The Kier molecular flexibility index (Phi) is 9.46. The minimum atomic E-state index is 0.193. The molecule has 0 radical (unpaired) electrons. The van der Waals surface area contributed by atoms with Gasteiger partial charge in [0, 0.05) is 44.6 Å². The molecule has 3 aromatic carbocycles. The molecule has 30 heavy (non-hydrogen) atoms. The molecule has 0 amide bonds. The smallest absolute Gasteiger partial charge is 0.135 e. The Morgan fingerprint density at radius 2 is 1.23 bits per heavy atom. The van der Waals surface area contributed by atoms with Crippen LogP contribution >= 0.6 is 23.5 Å². The summed E-state index contributed by atoms with van der Waals surface area (Å²) in [5.74, 6) is 4.93. The summed E-state index contributed by atoms with van der Waals surface area (Å²) in [4.78, 5) is 0. The van der Waals surface area contributed by atoms with Gasteiger partial charge in [-0.3, -0.25) is 0 Å². The second-order valence-corrected chi connectivity index (χ2v) is 9.26. The van der Waals surface area contributed by atoms with E-state index in [1.165, 1.54) is 5.56 Å². The van der Waals surface area contributed by atoms with Gasteiger partial charge in [0.25, 0.3) is 0 Å². The third kappa shape index (κ3) is 5.76. The van der Waals surface area contributed by atoms with Crippen LogP contribution in [0, 0.1) is 0 Å². The summed E-state index contributed by atoms with van der Waals surface area (Å²) in [7, 11) is 0. The zero-order valence-corrected chi connectivity index (χ0v) is 19.1. The highest BCUT2D eigenvalue weighted by atomic mass is 32.2. The zero-order chi connectivity index (χ0) is 21.2. The second kappa shape index (κ2) is 12.3. The highest BCUT2D eigenvalue weighted by molar-refractivity contribution is 7.99. The average Bonchev–Trinajstić information content (AvgIpc) is 2.79. The maximum absolute atomic E-state index is 8.98. The average molecular weight is 447 g/mol. The molecular weight excluding hydrogens is 416 g/mol. The van der Waals surface area contributed by atoms with Crippen molar-refractivity contribution in [2.75, 3.05) is 49.4 Å². The van der Waals surface area contributed by atoms with Crippen LogP contribution in [0.2, 0.25) is 0 Å². The lowest BCUT2D eigenvalue weighted by Crippen LogP contribution is -2.05. The molecule has 0 spiro atoms. The van der Waals surface area contributed by atoms with Gasteiger partial charge in [-0.1, -0.05) is 43.3 Å². The van der Waals surface area contributed by atoms with Gasteiger partial charge in [0.1, 0.15) is 11.5 Å². The summed E-state index contributed by atoms with van der Waals surface area (Å²) in [6.45, 7) is 3.73. The van der Waals surface area contributed by atoms with Gasteiger partial charge >= 0.3 is 0 Å². The van der Waals surface area contributed by atoms with Crippen molar-refractivity contribution >= 4 is 45.1 Å². The Labute approximate surface area is 187 Å². The third-order valence-corrected chi connectivity index (χ3v) is 6.67. The van der Waals surface area contributed by atoms with E-state index in [2.05, 4.69) is 37.3 Å². The lowest BCUT2D eigenvalue weighted by molar-refractivity contribution is 0.321. The van der Waals surface area contributed by atoms with E-state index < -0.39 is 0 Å². The van der Waals surface area contributed by atoms with Gasteiger partial charge in [0.2, 0.25) is 0 Å². The van der Waals surface area contributed by atoms with E-state index in [0.717, 1.165) is 62.5 Å². The molecule has 3 rings (SSSR count). The molecule has 4 nitrogen and oxygen atoms in total. The van der Waals surface area contributed by atoms with Gasteiger partial charge in [-0.2, -0.15) is 23.5 Å². The number of ether oxygens (including phenoxy) is 2. The van der Waals surface area contributed by atoms with Crippen LogP contribution in [0.3, 0.4) is 0 Å². The molecular formula is C24H30O4S2. The Balaban J connectivity index is 1.99. The van der Waals surface area contributed by atoms with Gasteiger partial charge in [-0.05, 0) is 18.1 Å². The summed E-state index contributed by atoms with van der Waals surface area (Å²) in [5.41, 5.74) is 1.27. The Hall–Kier alpha value is -1.60. The molecule has 0 fully saturated rings. The number of aryl methyl sites for hydroxylation is 1. The van der Waals surface area contributed by atoms with Crippen molar-refractivity contribution in [2.24, 2.45) is 0 Å². The maximum Gasteiger partial charge on any atom is 0.135 e. The first-order valence-electron chi connectivity index (χ1n) is 10.4. The normalized spacial score (nSPS) is 11.3. The monoisotopic (exact) mass is 446 g/mol. The first-order chi connectivity index (χ1) is 14.8. The van der Waals surface area contributed by atoms with E-state index >= 15 is 0 Å². The van der Waals surface area contributed by atoms with Crippen LogP contribution in [0.15, 0.2) is 42.5 Å². The van der Waals surface area contributed by atoms with E-state index in [-0.39, 0.29) is 13.2 Å². The van der Waals surface area contributed by atoms with Crippen LogP contribution in [0.5, 0.6) is 11.5 Å². The molecule has 0 unspecified atom stereocenters. The molecule has 162 valence electrons. The number of hydrogen-bond acceptors (Lipinski definition) is 6. The highest BCUT2D eigenvalue weighted by Gasteiger charge is 2.16. The Morgan fingerprint density at radius 3 is 1.77 bits per heavy atom. The van der Waals surface area contributed by atoms with Crippen LogP contribution in [-0.4, -0.2) is 59.7 Å². The summed E-state index contributed by atoms with van der Waals surface area (Å²) in [6, 6.07) is 14.8. The van der Waals surface area contributed by atoms with Crippen LogP contribution in [0.4, 0.5) is 0 Å². The number of aliphatic hydroxyl groups excluding tert-OH is 2. The van der Waals surface area contributed by atoms with Gasteiger partial charge in [-0.25, -0.2) is 0 Å². The summed E-state index contributed by atoms with van der Waals surface area (Å²) >= 11 is 3.38. The summed E-state index contributed by atoms with van der Waals surface area (Å²) < 4.78 is 12.6. The quantitative estimate of drug-likeness (QED) is 0.292. The Bertz CT molecular complexity index is 945. The molecule has 0 saturated carbocycles. The molecule has 6 heteroatoms. The standard InChI is InChI=1S/C24H30O4S2/c1-2-18-7-8-21-22(17-18)24(28-12-16-30-14-10-26)20-6-4-3-5-19(20)23(21)27-11-15-29-13-9-25/h3-8,17,25-26H,2,9-16H2,1H3. The molecule has 0 aliphatic rings. The predicted octanol–water partition coefficient (Wildman–Crippen LogP) is 4.76. The number of aliphatic hydroxyl groups is 2. The minimum Gasteiger partial charge on any atom is -0.491 e. The van der Waals surface area contributed by atoms with E-state index in [9.17, 15) is 0 Å². The van der Waals surface area contributed by atoms with E-state index in [1.807, 2.05) is 12.1 Å². The third-order valence-electron chi connectivity index (χ3n) is 4.82. The minimum absolute atomic E-state index is 0.193. The highest BCUT2D eigenvalue weighted by Crippen LogP contribution is 2.43. The molecule has 0 aliphatic heterocycles. The number of hydrogen-bond donors (Lipinski definition) is 2. The SMILES string of the molecule is CCc1ccc2c(OCCSCCO)c3ccccc3c(OCCSCCO)c2c1. The molecule has 2 N–H and O–H groups in total. The predicted molar refractivity (Wildman–Crippen MR) is 131 cm³/mol. The molecule has 3 aromatic rings. The Morgan fingerprint density at radius 1 is 0.700 bits per heavy atom. The largest absolute Gasteiger partial charge is 0.491 e. The van der Waals surface area contributed by atoms with Crippen molar-refractivity contribution in [2.45, 2.75) is 13.3 Å². The van der Waals surface area contributed by atoms with E-state index in [0.29, 0.717) is 13.2 Å². The second-order valence-electron chi connectivity index (χ2n) is 6.81. The first kappa shape index (κ1) is 23.1. The lowest BCUT2D eigenvalue weighted by atomic mass is 9.98. The number of benzene rings is 3. The molecule has 0 aromatic heterocycles. The number of rotatable bonds is 13. The first-order valence-corrected chi connectivity index (χ1v) is 12.7. The fourth-order valence-corrected chi connectivity index (χ4v) is 4.48. The molecule has 0 saturated heterocycles. The number of thioether (sulfide) groups is 2. The molecule has 0 aliphatic carbocycles. The van der Waals surface area contributed by atoms with Crippen molar-refractivity contribution in [3.8, 4) is 11.5 Å². The summed E-state index contributed by atoms with van der Waals surface area (Å²) in [5, 5.41) is 22.2. The van der Waals surface area contributed by atoms with E-state index in [1.54, 1.807) is 23.5 Å². The van der Waals surface area contributed by atoms with E-state index in [4.69, 9.17) is 19.7 Å². The number of fused-ring (bicyclic) bond motifs is 2. The van der Waals surface area contributed by atoms with Crippen LogP contribution in [0.25, 0.3) is 21.5 Å². The van der Waals surface area contributed by atoms with Crippen molar-refractivity contribution in [3.63, 3.8) is 0 Å². The zero-order valence-electron chi connectivity index (χ0n) is 17.4. The maximum atomic E-state index is 8.98. The van der Waals surface area contributed by atoms with Crippen LogP contribution in [-0.2, 0) is 6.42 Å². The fourth-order valence-electron chi connectivity index (χ4n) is 3.42. The van der Waals surface area contributed by atoms with Crippen molar-refractivity contribution in [1.29, 1.82) is 0 Å². The van der Waals surface area contributed by atoms with Crippen LogP contribution < -0.4 is 9.47 Å².